The molecule has 0 saturated carbocycles. The molecule has 2 aromatic carbocycles. The van der Waals surface area contributed by atoms with Gasteiger partial charge in [-0.15, -0.1) is 0 Å². The number of halogens is 2. The highest BCUT2D eigenvalue weighted by Gasteiger charge is 2.34. The Morgan fingerprint density at radius 2 is 2.04 bits per heavy atom. The van der Waals surface area contributed by atoms with Gasteiger partial charge in [0.25, 0.3) is 0 Å². The van der Waals surface area contributed by atoms with Crippen molar-refractivity contribution in [1.29, 1.82) is 0 Å². The van der Waals surface area contributed by atoms with E-state index in [1.165, 1.54) is 0 Å². The van der Waals surface area contributed by atoms with Crippen LogP contribution in [0.1, 0.15) is 31.9 Å². The Morgan fingerprint density at radius 3 is 2.79 bits per heavy atom. The third kappa shape index (κ3) is 3.84. The van der Waals surface area contributed by atoms with E-state index in [0.29, 0.717) is 17.1 Å². The molecular weight excluding hydrogens is 392 g/mol. The Morgan fingerprint density at radius 1 is 1.29 bits per heavy atom. The molecule has 0 aromatic heterocycles. The van der Waals surface area contributed by atoms with Crippen molar-refractivity contribution >= 4 is 39.2 Å². The second-order valence-electron chi connectivity index (χ2n) is 6.38. The van der Waals surface area contributed by atoms with Gasteiger partial charge in [0.05, 0.1) is 16.8 Å². The number of anilines is 1. The summed E-state index contributed by atoms with van der Waals surface area (Å²) in [6, 6.07) is 12.5. The Labute approximate surface area is 154 Å². The Balaban J connectivity index is 1.80. The van der Waals surface area contributed by atoms with E-state index in [0.717, 1.165) is 15.8 Å². The zero-order chi connectivity index (χ0) is 17.3. The molecule has 3 rings (SSSR count). The lowest BCUT2D eigenvalue weighted by Crippen LogP contribution is -2.42. The van der Waals surface area contributed by atoms with Gasteiger partial charge >= 0.3 is 6.03 Å². The molecule has 0 bridgehead atoms. The molecule has 126 valence electrons. The van der Waals surface area contributed by atoms with E-state index in [-0.39, 0.29) is 17.7 Å². The number of amides is 2. The SMILES string of the molecule is CC1(C)C[C@@H](NC(=O)Nc2ccccc2Cl)c2cc(Br)ccc2O1. The van der Waals surface area contributed by atoms with Crippen molar-refractivity contribution in [2.45, 2.75) is 31.9 Å². The summed E-state index contributed by atoms with van der Waals surface area (Å²) in [6.07, 6.45) is 0.673. The van der Waals surface area contributed by atoms with Gasteiger partial charge in [0.2, 0.25) is 0 Å². The maximum atomic E-state index is 12.4. The first-order chi connectivity index (χ1) is 11.3. The van der Waals surface area contributed by atoms with E-state index in [2.05, 4.69) is 26.6 Å². The summed E-state index contributed by atoms with van der Waals surface area (Å²) in [5, 5.41) is 6.32. The summed E-state index contributed by atoms with van der Waals surface area (Å²) < 4.78 is 6.96. The molecule has 0 fully saturated rings. The van der Waals surface area contributed by atoms with E-state index in [9.17, 15) is 4.79 Å². The van der Waals surface area contributed by atoms with Crippen molar-refractivity contribution in [3.8, 4) is 5.75 Å². The minimum atomic E-state index is -0.358. The average molecular weight is 410 g/mol. The zero-order valence-electron chi connectivity index (χ0n) is 13.4. The number of carbonyl (C=O) groups excluding carboxylic acids is 1. The largest absolute Gasteiger partial charge is 0.487 e. The minimum Gasteiger partial charge on any atom is -0.487 e. The number of hydrogen-bond acceptors (Lipinski definition) is 2. The number of benzene rings is 2. The quantitative estimate of drug-likeness (QED) is 0.685. The van der Waals surface area contributed by atoms with Crippen molar-refractivity contribution in [3.63, 3.8) is 0 Å². The summed E-state index contributed by atoms with van der Waals surface area (Å²) >= 11 is 9.56. The van der Waals surface area contributed by atoms with Gasteiger partial charge in [0.1, 0.15) is 11.4 Å². The summed E-state index contributed by atoms with van der Waals surface area (Å²) in [7, 11) is 0. The third-order valence-corrected chi connectivity index (χ3v) is 4.68. The lowest BCUT2D eigenvalue weighted by molar-refractivity contribution is 0.0682. The van der Waals surface area contributed by atoms with Crippen LogP contribution in [0.25, 0.3) is 0 Å². The summed E-state index contributed by atoms with van der Waals surface area (Å²) in [5.74, 6) is 0.789. The van der Waals surface area contributed by atoms with Gasteiger partial charge in [-0.25, -0.2) is 4.79 Å². The lowest BCUT2D eigenvalue weighted by atomic mass is 9.90. The number of carbonyl (C=O) groups is 1. The molecule has 4 nitrogen and oxygen atoms in total. The van der Waals surface area contributed by atoms with E-state index in [1.54, 1.807) is 12.1 Å². The number of rotatable bonds is 2. The van der Waals surface area contributed by atoms with Gasteiger partial charge in [-0.1, -0.05) is 39.7 Å². The van der Waals surface area contributed by atoms with Crippen LogP contribution in [0.5, 0.6) is 5.75 Å². The molecule has 1 aliphatic heterocycles. The second-order valence-corrected chi connectivity index (χ2v) is 7.70. The van der Waals surface area contributed by atoms with Crippen molar-refractivity contribution in [1.82, 2.24) is 5.32 Å². The van der Waals surface area contributed by atoms with Crippen LogP contribution < -0.4 is 15.4 Å². The van der Waals surface area contributed by atoms with E-state index in [1.807, 2.05) is 44.2 Å². The molecule has 1 heterocycles. The lowest BCUT2D eigenvalue weighted by Gasteiger charge is -2.38. The average Bonchev–Trinajstić information content (AvgIpc) is 2.49. The van der Waals surface area contributed by atoms with Crippen molar-refractivity contribution < 1.29 is 9.53 Å². The molecule has 0 unspecified atom stereocenters. The predicted molar refractivity (Wildman–Crippen MR) is 99.8 cm³/mol. The molecule has 0 aliphatic carbocycles. The highest BCUT2D eigenvalue weighted by atomic mass is 79.9. The molecule has 2 amide bonds. The number of nitrogens with one attached hydrogen (secondary N) is 2. The van der Waals surface area contributed by atoms with Gasteiger partial charge in [-0.2, -0.15) is 0 Å². The van der Waals surface area contributed by atoms with Gasteiger partial charge in [0, 0.05) is 16.5 Å². The normalized spacial score (nSPS) is 18.2. The molecule has 6 heteroatoms. The first-order valence-corrected chi connectivity index (χ1v) is 8.82. The van der Waals surface area contributed by atoms with Crippen molar-refractivity contribution in [2.24, 2.45) is 0 Å². The number of hydrogen-bond donors (Lipinski definition) is 2. The Bertz CT molecular complexity index is 779. The first-order valence-electron chi connectivity index (χ1n) is 7.64. The Kier molecular flexibility index (Phi) is 4.74. The summed E-state index contributed by atoms with van der Waals surface area (Å²) in [6.45, 7) is 4.03. The maximum absolute atomic E-state index is 12.4. The fourth-order valence-corrected chi connectivity index (χ4v) is 3.40. The number of ether oxygens (including phenoxy) is 1. The van der Waals surface area contributed by atoms with Crippen molar-refractivity contribution in [3.05, 3.63) is 57.5 Å². The number of urea groups is 1. The molecule has 2 aromatic rings. The van der Waals surface area contributed by atoms with Crippen LogP contribution in [0, 0.1) is 0 Å². The van der Waals surface area contributed by atoms with Crippen LogP contribution in [-0.2, 0) is 0 Å². The molecule has 24 heavy (non-hydrogen) atoms. The predicted octanol–water partition coefficient (Wildman–Crippen LogP) is 5.53. The van der Waals surface area contributed by atoms with E-state index >= 15 is 0 Å². The molecule has 0 spiro atoms. The topological polar surface area (TPSA) is 50.4 Å². The fraction of sp³-hybridized carbons (Fsp3) is 0.278. The van der Waals surface area contributed by atoms with Crippen LogP contribution >= 0.6 is 27.5 Å². The van der Waals surface area contributed by atoms with E-state index < -0.39 is 0 Å². The van der Waals surface area contributed by atoms with Gasteiger partial charge in [-0.3, -0.25) is 0 Å². The van der Waals surface area contributed by atoms with Crippen molar-refractivity contribution in [2.75, 3.05) is 5.32 Å². The maximum Gasteiger partial charge on any atom is 0.319 e. The Hall–Kier alpha value is -1.72. The molecule has 1 atom stereocenters. The van der Waals surface area contributed by atoms with Crippen LogP contribution in [0.2, 0.25) is 5.02 Å². The number of para-hydroxylation sites is 1. The van der Waals surface area contributed by atoms with Crippen LogP contribution in [0.4, 0.5) is 10.5 Å². The molecule has 0 saturated heterocycles. The van der Waals surface area contributed by atoms with Gasteiger partial charge in [0.15, 0.2) is 0 Å². The van der Waals surface area contributed by atoms with Gasteiger partial charge in [-0.05, 0) is 44.2 Å². The molecular formula is C18H18BrClN2O2. The third-order valence-electron chi connectivity index (χ3n) is 3.86. The zero-order valence-corrected chi connectivity index (χ0v) is 15.7. The number of fused-ring (bicyclic) bond motifs is 1. The van der Waals surface area contributed by atoms with Crippen LogP contribution in [0.15, 0.2) is 46.9 Å². The summed E-state index contributed by atoms with van der Waals surface area (Å²) in [5.41, 5.74) is 1.18. The van der Waals surface area contributed by atoms with Crippen LogP contribution in [-0.4, -0.2) is 11.6 Å². The fourth-order valence-electron chi connectivity index (χ4n) is 2.83. The first kappa shape index (κ1) is 17.1. The minimum absolute atomic E-state index is 0.149. The second kappa shape index (κ2) is 6.65. The van der Waals surface area contributed by atoms with E-state index in [4.69, 9.17) is 16.3 Å². The van der Waals surface area contributed by atoms with Crippen LogP contribution in [0.3, 0.4) is 0 Å². The molecule has 2 N–H and O–H groups in total. The molecule has 1 aliphatic rings. The highest BCUT2D eigenvalue weighted by molar-refractivity contribution is 9.10. The smallest absolute Gasteiger partial charge is 0.319 e. The standard InChI is InChI=1S/C18H18BrClN2O2/c1-18(2)10-15(12-9-11(19)7-8-16(12)24-18)22-17(23)21-14-6-4-3-5-13(14)20/h3-9,15H,10H2,1-2H3,(H2,21,22,23)/t15-/m1/s1. The van der Waals surface area contributed by atoms with Gasteiger partial charge < -0.3 is 15.4 Å². The molecule has 0 radical (unpaired) electrons. The summed E-state index contributed by atoms with van der Waals surface area (Å²) in [4.78, 5) is 12.4. The monoisotopic (exact) mass is 408 g/mol. The highest BCUT2D eigenvalue weighted by Crippen LogP contribution is 2.40.